The van der Waals surface area contributed by atoms with Crippen molar-refractivity contribution in [3.8, 4) is 0 Å². The summed E-state index contributed by atoms with van der Waals surface area (Å²) in [5.74, 6) is 3.57. The second-order valence-electron chi connectivity index (χ2n) is 5.59. The maximum absolute atomic E-state index is 4.36. The first kappa shape index (κ1) is 14.9. The monoisotopic (exact) mass is 278 g/mol. The van der Waals surface area contributed by atoms with E-state index < -0.39 is 0 Å². The number of aromatic nitrogens is 1. The third kappa shape index (κ3) is 4.81. The quantitative estimate of drug-likeness (QED) is 0.852. The Balaban J connectivity index is 2.01. The number of thioether (sulfide) groups is 1. The minimum absolute atomic E-state index is 0.487. The van der Waals surface area contributed by atoms with Gasteiger partial charge in [-0.25, -0.2) is 0 Å². The Morgan fingerprint density at radius 3 is 2.84 bits per heavy atom. The van der Waals surface area contributed by atoms with Crippen LogP contribution in [0.5, 0.6) is 0 Å². The average molecular weight is 278 g/mol. The Morgan fingerprint density at radius 2 is 2.16 bits per heavy atom. The first-order valence-electron chi connectivity index (χ1n) is 7.52. The molecule has 0 radical (unpaired) electrons. The molecule has 0 spiro atoms. The Labute approximate surface area is 121 Å². The van der Waals surface area contributed by atoms with E-state index in [1.165, 1.54) is 48.3 Å². The van der Waals surface area contributed by atoms with Gasteiger partial charge in [-0.15, -0.1) is 0 Å². The average Bonchev–Trinajstić information content (AvgIpc) is 2.44. The van der Waals surface area contributed by atoms with Gasteiger partial charge < -0.3 is 5.32 Å². The third-order valence-electron chi connectivity index (χ3n) is 3.85. The van der Waals surface area contributed by atoms with Crippen LogP contribution in [-0.4, -0.2) is 23.0 Å². The summed E-state index contributed by atoms with van der Waals surface area (Å²) in [5, 5.41) is 3.71. The largest absolute Gasteiger partial charge is 0.310 e. The molecule has 1 fully saturated rings. The highest BCUT2D eigenvalue weighted by Gasteiger charge is 2.20. The topological polar surface area (TPSA) is 24.9 Å². The van der Waals surface area contributed by atoms with Crippen LogP contribution in [-0.2, 0) is 0 Å². The lowest BCUT2D eigenvalue weighted by atomic mass is 9.91. The molecule has 1 unspecified atom stereocenters. The molecule has 1 aromatic heterocycles. The maximum atomic E-state index is 4.36. The lowest BCUT2D eigenvalue weighted by Gasteiger charge is -2.27. The number of pyridine rings is 1. The van der Waals surface area contributed by atoms with Gasteiger partial charge in [0.1, 0.15) is 0 Å². The fourth-order valence-electron chi connectivity index (χ4n) is 2.74. The van der Waals surface area contributed by atoms with Crippen LogP contribution in [0.2, 0.25) is 0 Å². The summed E-state index contributed by atoms with van der Waals surface area (Å²) in [4.78, 5) is 4.36. The van der Waals surface area contributed by atoms with E-state index in [1.807, 2.05) is 12.4 Å². The number of aryl methyl sites for hydroxylation is 1. The zero-order chi connectivity index (χ0) is 13.5. The van der Waals surface area contributed by atoms with Crippen LogP contribution in [0.4, 0.5) is 0 Å². The van der Waals surface area contributed by atoms with Gasteiger partial charge in [-0.3, -0.25) is 4.98 Å². The van der Waals surface area contributed by atoms with Gasteiger partial charge in [0.05, 0.1) is 0 Å². The van der Waals surface area contributed by atoms with Crippen molar-refractivity contribution in [2.24, 2.45) is 5.92 Å². The molecule has 0 saturated carbocycles. The zero-order valence-corrected chi connectivity index (χ0v) is 13.0. The molecular weight excluding hydrogens is 252 g/mol. The smallest absolute Gasteiger partial charge is 0.0338 e. The Morgan fingerprint density at radius 1 is 1.37 bits per heavy atom. The standard InChI is InChI=1S/C16H26N2S/c1-3-6-18-16(10-14-4-7-19-8-5-14)15-9-13(2)11-17-12-15/h9,11-12,14,16,18H,3-8,10H2,1-2H3. The highest BCUT2D eigenvalue weighted by atomic mass is 32.2. The third-order valence-corrected chi connectivity index (χ3v) is 4.90. The van der Waals surface area contributed by atoms with Crippen LogP contribution >= 0.6 is 11.8 Å². The molecule has 1 aliphatic rings. The highest BCUT2D eigenvalue weighted by molar-refractivity contribution is 7.99. The SMILES string of the molecule is CCCNC(CC1CCSCC1)c1cncc(C)c1. The van der Waals surface area contributed by atoms with Crippen molar-refractivity contribution in [2.45, 2.75) is 45.6 Å². The van der Waals surface area contributed by atoms with Crippen LogP contribution in [0.3, 0.4) is 0 Å². The molecule has 2 heterocycles. The molecule has 2 rings (SSSR count). The van der Waals surface area contributed by atoms with Crippen LogP contribution < -0.4 is 5.32 Å². The summed E-state index contributed by atoms with van der Waals surface area (Å²) in [6.45, 7) is 5.46. The molecule has 1 N–H and O–H groups in total. The predicted octanol–water partition coefficient (Wildman–Crippen LogP) is 3.96. The van der Waals surface area contributed by atoms with Crippen LogP contribution in [0.1, 0.15) is 49.8 Å². The van der Waals surface area contributed by atoms with E-state index in [2.05, 4.69) is 42.0 Å². The minimum Gasteiger partial charge on any atom is -0.310 e. The van der Waals surface area contributed by atoms with Crippen LogP contribution in [0.25, 0.3) is 0 Å². The van der Waals surface area contributed by atoms with E-state index >= 15 is 0 Å². The molecule has 19 heavy (non-hydrogen) atoms. The summed E-state index contributed by atoms with van der Waals surface area (Å²) in [5.41, 5.74) is 2.63. The highest BCUT2D eigenvalue weighted by Crippen LogP contribution is 2.31. The first-order chi connectivity index (χ1) is 9.29. The summed E-state index contributed by atoms with van der Waals surface area (Å²) >= 11 is 2.11. The van der Waals surface area contributed by atoms with Gasteiger partial charge in [0, 0.05) is 18.4 Å². The van der Waals surface area contributed by atoms with Gasteiger partial charge in [0.25, 0.3) is 0 Å². The van der Waals surface area contributed by atoms with Crippen LogP contribution in [0, 0.1) is 12.8 Å². The van der Waals surface area contributed by atoms with Gasteiger partial charge in [-0.2, -0.15) is 11.8 Å². The van der Waals surface area contributed by atoms with Crippen molar-refractivity contribution in [3.05, 3.63) is 29.6 Å². The molecule has 2 nitrogen and oxygen atoms in total. The van der Waals surface area contributed by atoms with Crippen molar-refractivity contribution in [2.75, 3.05) is 18.1 Å². The van der Waals surface area contributed by atoms with Gasteiger partial charge in [0.15, 0.2) is 0 Å². The fourth-order valence-corrected chi connectivity index (χ4v) is 3.94. The molecule has 3 heteroatoms. The van der Waals surface area contributed by atoms with E-state index in [4.69, 9.17) is 0 Å². The normalized spacial score (nSPS) is 18.4. The van der Waals surface area contributed by atoms with E-state index in [-0.39, 0.29) is 0 Å². The maximum Gasteiger partial charge on any atom is 0.0338 e. The van der Waals surface area contributed by atoms with Gasteiger partial charge in [-0.1, -0.05) is 13.0 Å². The minimum atomic E-state index is 0.487. The summed E-state index contributed by atoms with van der Waals surface area (Å²) in [7, 11) is 0. The van der Waals surface area contributed by atoms with Gasteiger partial charge >= 0.3 is 0 Å². The van der Waals surface area contributed by atoms with E-state index in [9.17, 15) is 0 Å². The Kier molecular flexibility index (Phi) is 6.18. The number of nitrogens with zero attached hydrogens (tertiary/aromatic N) is 1. The second kappa shape index (κ2) is 7.91. The summed E-state index contributed by atoms with van der Waals surface area (Å²) in [6.07, 6.45) is 9.21. The predicted molar refractivity (Wildman–Crippen MR) is 84.7 cm³/mol. The van der Waals surface area contributed by atoms with Crippen molar-refractivity contribution in [3.63, 3.8) is 0 Å². The Bertz CT molecular complexity index is 375. The van der Waals surface area contributed by atoms with E-state index in [0.717, 1.165) is 12.5 Å². The second-order valence-corrected chi connectivity index (χ2v) is 6.82. The first-order valence-corrected chi connectivity index (χ1v) is 8.67. The van der Waals surface area contributed by atoms with Crippen LogP contribution in [0.15, 0.2) is 18.5 Å². The molecule has 1 aliphatic heterocycles. The summed E-state index contributed by atoms with van der Waals surface area (Å²) in [6, 6.07) is 2.78. The van der Waals surface area contributed by atoms with Crippen molar-refractivity contribution >= 4 is 11.8 Å². The molecule has 0 aromatic carbocycles. The number of hydrogen-bond acceptors (Lipinski definition) is 3. The van der Waals surface area contributed by atoms with Gasteiger partial charge in [0.2, 0.25) is 0 Å². The number of nitrogens with one attached hydrogen (secondary N) is 1. The molecule has 0 bridgehead atoms. The number of hydrogen-bond donors (Lipinski definition) is 1. The molecule has 1 atom stereocenters. The van der Waals surface area contributed by atoms with Crippen molar-refractivity contribution in [1.82, 2.24) is 10.3 Å². The molecular formula is C16H26N2S. The lowest BCUT2D eigenvalue weighted by molar-refractivity contribution is 0.370. The van der Waals surface area contributed by atoms with E-state index in [0.29, 0.717) is 6.04 Å². The number of rotatable bonds is 6. The van der Waals surface area contributed by atoms with Gasteiger partial charge in [-0.05, 0) is 67.7 Å². The summed E-state index contributed by atoms with van der Waals surface area (Å²) < 4.78 is 0. The van der Waals surface area contributed by atoms with E-state index in [1.54, 1.807) is 0 Å². The molecule has 0 amide bonds. The molecule has 1 saturated heterocycles. The van der Waals surface area contributed by atoms with Crippen molar-refractivity contribution < 1.29 is 0 Å². The molecule has 1 aromatic rings. The lowest BCUT2D eigenvalue weighted by Crippen LogP contribution is -2.26. The zero-order valence-electron chi connectivity index (χ0n) is 12.2. The molecule has 0 aliphatic carbocycles. The van der Waals surface area contributed by atoms with Crippen molar-refractivity contribution in [1.29, 1.82) is 0 Å². The Hall–Kier alpha value is -0.540. The molecule has 106 valence electrons. The fraction of sp³-hybridized carbons (Fsp3) is 0.688.